The first-order valence-corrected chi connectivity index (χ1v) is 38.2. The molecule has 27 nitrogen and oxygen atoms in total. The first-order chi connectivity index (χ1) is 46.7. The fourth-order valence-corrected chi connectivity index (χ4v) is 17.1. The number of amides is 3. The van der Waals surface area contributed by atoms with E-state index in [1.807, 2.05) is 0 Å². The van der Waals surface area contributed by atoms with Crippen molar-refractivity contribution in [2.75, 3.05) is 71.4 Å². The summed E-state index contributed by atoms with van der Waals surface area (Å²) in [6.07, 6.45) is 11.3. The van der Waals surface area contributed by atoms with E-state index >= 15 is 0 Å². The molecule has 6 aliphatic rings. The van der Waals surface area contributed by atoms with Crippen LogP contribution in [0, 0.1) is 17.8 Å². The number of carbonyl (C=O) groups is 3. The van der Waals surface area contributed by atoms with Gasteiger partial charge in [0.15, 0.2) is 15.1 Å². The Kier molecular flexibility index (Phi) is 22.3. The van der Waals surface area contributed by atoms with E-state index in [9.17, 15) is 39.6 Å². The number of nitrogens with zero attached hydrogens (tertiary/aromatic N) is 9. The van der Waals surface area contributed by atoms with E-state index in [2.05, 4.69) is 106 Å². The molecule has 3 unspecified atom stereocenters. The minimum atomic E-state index is -4.20. The zero-order chi connectivity index (χ0) is 71.4. The molecule has 6 atom stereocenters. The second kappa shape index (κ2) is 30.0. The summed E-state index contributed by atoms with van der Waals surface area (Å²) in [5, 5.41) is -0.937. The number of sulfonamides is 3. The summed E-state index contributed by atoms with van der Waals surface area (Å²) in [5.41, 5.74) is 19.0. The van der Waals surface area contributed by atoms with Crippen molar-refractivity contribution in [1.82, 2.24) is 44.1 Å². The topological polar surface area (TPSA) is 383 Å². The molecule has 6 fully saturated rings. The highest BCUT2D eigenvalue weighted by Crippen LogP contribution is 2.43. The molecule has 0 radical (unpaired) electrons. The molecule has 534 valence electrons. The minimum Gasteiger partial charge on any atom is -0.384 e. The van der Waals surface area contributed by atoms with Gasteiger partial charge in [-0.1, -0.05) is 39.0 Å². The number of hydrogen-bond donors (Lipinski definition) is 6. The molecular weight excluding hydrogens is 1330 g/mol. The van der Waals surface area contributed by atoms with Crippen LogP contribution in [0.2, 0.25) is 0 Å². The third-order valence-electron chi connectivity index (χ3n) is 18.7. The lowest BCUT2D eigenvalue weighted by Crippen LogP contribution is -2.41. The van der Waals surface area contributed by atoms with Crippen molar-refractivity contribution in [1.29, 1.82) is 0 Å². The summed E-state index contributed by atoms with van der Waals surface area (Å²) in [7, 11) is -12.6. The van der Waals surface area contributed by atoms with Crippen molar-refractivity contribution in [3.63, 3.8) is 0 Å². The molecule has 9 N–H and O–H groups in total. The second-order valence-electron chi connectivity index (χ2n) is 28.6. The molecule has 0 spiro atoms. The monoisotopic (exact) mass is 1420 g/mol. The SMILES string of the molecule is C[C@@H]1CN(c2nc(C3CCCCO3)ccc2C(=O)NS(=O)(=O)c2cccc(N)n2)C(C)(C)C1.C[C@@H]1CN(c2nc(C3CCCCO3)ccc2C(=O)NS(=O)(=O)c2cccc(N)n2)C(C)(C)C1.C[C@@H]1CN(c2nc(C3CCCCO3)ccc2C(=O)NS(=O)(=O)c2cccc(N)n2)C(C)(C)C1. The van der Waals surface area contributed by atoms with E-state index in [1.165, 1.54) is 54.6 Å². The summed E-state index contributed by atoms with van der Waals surface area (Å²) < 4.78 is 101. The molecule has 12 rings (SSSR count). The van der Waals surface area contributed by atoms with Gasteiger partial charge in [-0.2, -0.15) is 25.3 Å². The van der Waals surface area contributed by atoms with Crippen LogP contribution in [0.15, 0.2) is 106 Å². The summed E-state index contributed by atoms with van der Waals surface area (Å²) >= 11 is 0. The van der Waals surface area contributed by atoms with Gasteiger partial charge in [0, 0.05) is 56.1 Å². The van der Waals surface area contributed by atoms with Gasteiger partial charge in [0.25, 0.3) is 47.8 Å². The molecular formula is C69H93N15O12S3. The van der Waals surface area contributed by atoms with E-state index < -0.39 is 47.8 Å². The Morgan fingerprint density at radius 1 is 0.404 bits per heavy atom. The van der Waals surface area contributed by atoms with Crippen LogP contribution in [-0.4, -0.2) is 129 Å². The van der Waals surface area contributed by atoms with Gasteiger partial charge >= 0.3 is 0 Å². The molecule has 3 amide bonds. The van der Waals surface area contributed by atoms with Gasteiger partial charge in [-0.15, -0.1) is 0 Å². The molecule has 6 saturated heterocycles. The average molecular weight is 1420 g/mol. The zero-order valence-electron chi connectivity index (χ0n) is 57.7. The lowest BCUT2D eigenvalue weighted by atomic mass is 9.97. The van der Waals surface area contributed by atoms with Gasteiger partial charge in [0.1, 0.15) is 34.9 Å². The molecule has 0 aromatic carbocycles. The van der Waals surface area contributed by atoms with Gasteiger partial charge in [-0.3, -0.25) is 14.4 Å². The van der Waals surface area contributed by atoms with Crippen LogP contribution in [0.25, 0.3) is 0 Å². The first-order valence-electron chi connectivity index (χ1n) is 33.8. The Morgan fingerprint density at radius 2 is 0.667 bits per heavy atom. The van der Waals surface area contributed by atoms with Gasteiger partial charge in [0.2, 0.25) is 0 Å². The zero-order valence-corrected chi connectivity index (χ0v) is 60.2. The lowest BCUT2D eigenvalue weighted by Gasteiger charge is -2.34. The summed E-state index contributed by atoms with van der Waals surface area (Å²) in [6, 6.07) is 22.9. The van der Waals surface area contributed by atoms with Crippen LogP contribution in [0.1, 0.15) is 206 Å². The first kappa shape index (κ1) is 73.6. The van der Waals surface area contributed by atoms with E-state index in [-0.39, 0.29) is 84.2 Å². The molecule has 0 saturated carbocycles. The van der Waals surface area contributed by atoms with Crippen molar-refractivity contribution < 1.29 is 53.8 Å². The molecule has 0 bridgehead atoms. The Bertz CT molecular complexity index is 3870. The fourth-order valence-electron chi connectivity index (χ4n) is 14.3. The largest absolute Gasteiger partial charge is 0.384 e. The van der Waals surface area contributed by atoms with Gasteiger partial charge in [0.05, 0.1) is 52.1 Å². The van der Waals surface area contributed by atoms with Gasteiger partial charge in [-0.25, -0.2) is 44.1 Å². The Labute approximate surface area is 580 Å². The number of nitrogens with one attached hydrogen (secondary N) is 3. The lowest BCUT2D eigenvalue weighted by molar-refractivity contribution is 0.0122. The highest BCUT2D eigenvalue weighted by atomic mass is 32.2. The Balaban J connectivity index is 0.000000161. The maximum absolute atomic E-state index is 13.2. The molecule has 6 aromatic heterocycles. The molecule has 30 heteroatoms. The normalized spacial score (nSPS) is 22.8. The number of nitrogens with two attached hydrogens (primary N) is 3. The maximum atomic E-state index is 13.2. The number of pyridine rings is 6. The predicted octanol–water partition coefficient (Wildman–Crippen LogP) is 9.13. The minimum absolute atomic E-state index is 0.0531. The Morgan fingerprint density at radius 3 is 0.879 bits per heavy atom. The quantitative estimate of drug-likeness (QED) is 0.0558. The molecule has 6 aliphatic heterocycles. The number of carbonyl (C=O) groups excluding carboxylic acids is 3. The standard InChI is InChI=1S/3C23H31N5O4S/c3*1-15-13-23(2,3)28(14-15)21-16(10-11-17(25-21)18-7-4-5-12-32-18)22(29)27-33(30,31)20-9-6-8-19(24)26-20/h3*6,8-11,15,18H,4-5,7,12-14H2,1-3H3,(H2,24,26)(H,27,29)/t3*15-,18?/m000/s1. The molecule has 12 heterocycles. The summed E-state index contributed by atoms with van der Waals surface area (Å²) in [4.78, 5) is 72.1. The van der Waals surface area contributed by atoms with Gasteiger partial charge in [-0.05, 0) is 209 Å². The number of nitrogen functional groups attached to an aromatic ring is 3. The molecule has 6 aromatic rings. The summed E-state index contributed by atoms with van der Waals surface area (Å²) in [6.45, 7) is 23.3. The van der Waals surface area contributed by atoms with Crippen LogP contribution < -0.4 is 46.1 Å². The van der Waals surface area contributed by atoms with E-state index in [4.69, 9.17) is 46.4 Å². The smallest absolute Gasteiger partial charge is 0.281 e. The second-order valence-corrected chi connectivity index (χ2v) is 33.5. The number of aromatic nitrogens is 6. The molecule has 99 heavy (non-hydrogen) atoms. The highest BCUT2D eigenvalue weighted by Gasteiger charge is 2.43. The van der Waals surface area contributed by atoms with Crippen molar-refractivity contribution >= 4 is 82.7 Å². The number of rotatable bonds is 15. The van der Waals surface area contributed by atoms with Crippen LogP contribution in [-0.2, 0) is 44.3 Å². The Hall–Kier alpha value is -8.16. The van der Waals surface area contributed by atoms with Crippen molar-refractivity contribution in [2.24, 2.45) is 17.8 Å². The number of anilines is 6. The summed E-state index contributed by atoms with van der Waals surface area (Å²) in [5.74, 6) is 0.548. The van der Waals surface area contributed by atoms with E-state index in [1.54, 1.807) is 36.4 Å². The predicted molar refractivity (Wildman–Crippen MR) is 376 cm³/mol. The van der Waals surface area contributed by atoms with Crippen LogP contribution in [0.5, 0.6) is 0 Å². The van der Waals surface area contributed by atoms with Crippen molar-refractivity contribution in [3.8, 4) is 0 Å². The van der Waals surface area contributed by atoms with Crippen LogP contribution in [0.4, 0.5) is 34.9 Å². The van der Waals surface area contributed by atoms with Crippen LogP contribution in [0.3, 0.4) is 0 Å². The van der Waals surface area contributed by atoms with E-state index in [0.717, 1.165) is 114 Å². The molecule has 0 aliphatic carbocycles. The average Bonchev–Trinajstić information content (AvgIpc) is 1.71. The third kappa shape index (κ3) is 17.5. The highest BCUT2D eigenvalue weighted by molar-refractivity contribution is 7.90. The van der Waals surface area contributed by atoms with Crippen molar-refractivity contribution in [2.45, 2.75) is 189 Å². The maximum Gasteiger partial charge on any atom is 0.281 e. The van der Waals surface area contributed by atoms with Crippen molar-refractivity contribution in [3.05, 3.63) is 125 Å². The van der Waals surface area contributed by atoms with Gasteiger partial charge < -0.3 is 46.1 Å². The number of ether oxygens (including phenoxy) is 3. The van der Waals surface area contributed by atoms with E-state index in [0.29, 0.717) is 55.0 Å². The fraction of sp³-hybridized carbons (Fsp3) is 0.522. The number of hydrogen-bond acceptors (Lipinski definition) is 24. The van der Waals surface area contributed by atoms with Crippen LogP contribution >= 0.6 is 0 Å². The third-order valence-corrected chi connectivity index (χ3v) is 22.4.